The average Bonchev–Trinajstić information content (AvgIpc) is 1.79. The van der Waals surface area contributed by atoms with Crippen molar-refractivity contribution in [1.29, 1.82) is 0 Å². The Morgan fingerprint density at radius 2 is 0.355 bits per heavy atom. The van der Waals surface area contributed by atoms with E-state index in [1.807, 2.05) is 0 Å². The molecule has 0 amide bonds. The molecule has 0 bridgehead atoms. The first-order chi connectivity index (χ1) is 10.0. The van der Waals surface area contributed by atoms with Gasteiger partial charge in [0.1, 0.15) is 0 Å². The fraction of sp³-hybridized carbons (Fsp3) is 0. The zero-order valence-electron chi connectivity index (χ0n) is 14.5. The van der Waals surface area contributed by atoms with Crippen LogP contribution >= 0.6 is 15.6 Å². The molecule has 160 valence electrons. The molecular weight excluding hydrogens is 719 g/mol. The second-order valence-electron chi connectivity index (χ2n) is 2.12. The van der Waals surface area contributed by atoms with Crippen molar-refractivity contribution >= 4 is 273 Å². The number of phosphoric acid groups is 2. The van der Waals surface area contributed by atoms with E-state index in [1.54, 1.807) is 0 Å². The van der Waals surface area contributed by atoms with E-state index in [0.717, 1.165) is 0 Å². The quantitative estimate of drug-likeness (QED) is 0.0970. The molecule has 0 atom stereocenters. The van der Waals surface area contributed by atoms with Crippen molar-refractivity contribution in [3.05, 3.63) is 0 Å². The summed E-state index contributed by atoms with van der Waals surface area (Å²) in [6.45, 7) is 0. The molecule has 0 aliphatic carbocycles. The van der Waals surface area contributed by atoms with Crippen LogP contribution in [0.3, 0.4) is 0 Å². The summed E-state index contributed by atoms with van der Waals surface area (Å²) in [6, 6.07) is 0. The molecule has 0 radical (unpaired) electrons. The van der Waals surface area contributed by atoms with Crippen LogP contribution in [0.15, 0.2) is 0 Å². The van der Waals surface area contributed by atoms with Crippen LogP contribution in [0.5, 0.6) is 0 Å². The Bertz CT molecular complexity index is 594. The molecule has 0 rings (SSSR count). The van der Waals surface area contributed by atoms with Crippen LogP contribution in [-0.4, -0.2) is 279 Å². The first kappa shape index (κ1) is 71.5. The van der Waals surface area contributed by atoms with Crippen molar-refractivity contribution in [2.45, 2.75) is 0 Å². The van der Waals surface area contributed by atoms with Crippen molar-refractivity contribution in [2.75, 3.05) is 0 Å². The average molecular weight is 719 g/mol. The molecule has 20 nitrogen and oxygen atoms in total. The Morgan fingerprint density at radius 3 is 0.355 bits per heavy atom. The summed E-state index contributed by atoms with van der Waals surface area (Å²) in [4.78, 5) is 51.3. The van der Waals surface area contributed by atoms with Crippen molar-refractivity contribution < 1.29 is 91.1 Å². The third kappa shape index (κ3) is 858. The fourth-order valence-corrected chi connectivity index (χ4v) is 0. The Balaban J connectivity index is -0.0000000171. The molecule has 0 aromatic heterocycles. The maximum absolute atomic E-state index is 8.55. The van der Waals surface area contributed by atoms with E-state index in [0.29, 0.717) is 0 Å². The monoisotopic (exact) mass is 718 g/mol. The molecular formula is Ca6O20P2S3. The summed E-state index contributed by atoms with van der Waals surface area (Å²) in [5.74, 6) is 0. The smallest absolute Gasteiger partial charge is 0.822 e. The maximum Gasteiger partial charge on any atom is 2.00 e. The molecule has 31 heavy (non-hydrogen) atoms. The molecule has 0 heterocycles. The molecule has 0 saturated heterocycles. The summed E-state index contributed by atoms with van der Waals surface area (Å²) in [5.41, 5.74) is 0. The van der Waals surface area contributed by atoms with Crippen LogP contribution in [-0.2, 0) is 40.3 Å². The number of hydrogen-bond donors (Lipinski definition) is 0. The van der Waals surface area contributed by atoms with Gasteiger partial charge in [-0.1, -0.05) is 0 Å². The first-order valence-corrected chi connectivity index (χ1v) is 10.4. The van der Waals surface area contributed by atoms with Crippen LogP contribution in [0.1, 0.15) is 0 Å². The third-order valence-corrected chi connectivity index (χ3v) is 0. The zero-order chi connectivity index (χ0) is 22.5. The van der Waals surface area contributed by atoms with Gasteiger partial charge in [0.2, 0.25) is 0 Å². The molecule has 0 aromatic rings. The first-order valence-electron chi connectivity index (χ1n) is 3.46. The van der Waals surface area contributed by atoms with Gasteiger partial charge in [-0.2, -0.15) is 15.6 Å². The topological polar surface area (TPSA) is 413 Å². The van der Waals surface area contributed by atoms with Gasteiger partial charge in [0.05, 0.1) is 0 Å². The Labute approximate surface area is 355 Å². The van der Waals surface area contributed by atoms with Crippen LogP contribution in [0.4, 0.5) is 0 Å². The maximum atomic E-state index is 8.55. The molecule has 0 fully saturated rings. The van der Waals surface area contributed by atoms with Gasteiger partial charge in [0, 0.05) is 31.2 Å². The predicted octanol–water partition coefficient (Wildman–Crippen LogP) is -11.9. The van der Waals surface area contributed by atoms with Gasteiger partial charge in [0.15, 0.2) is 0 Å². The minimum Gasteiger partial charge on any atom is -0.822 e. The van der Waals surface area contributed by atoms with Crippen molar-refractivity contribution in [3.63, 3.8) is 0 Å². The summed E-state index contributed by atoms with van der Waals surface area (Å²) in [5, 5.41) is 0. The van der Waals surface area contributed by atoms with Crippen molar-refractivity contribution in [1.82, 2.24) is 0 Å². The van der Waals surface area contributed by atoms with Gasteiger partial charge in [-0.25, -0.2) is 0 Å². The molecule has 0 saturated carbocycles. The van der Waals surface area contributed by atoms with Gasteiger partial charge < -0.3 is 65.8 Å². The van der Waals surface area contributed by atoms with Crippen molar-refractivity contribution in [2.24, 2.45) is 0 Å². The predicted molar refractivity (Wildman–Crippen MR) is 81.2 cm³/mol. The molecule has 0 aliphatic rings. The normalized spacial score (nSPS) is 9.42. The minimum atomic E-state index is -5.39. The molecule has 0 aromatic carbocycles. The molecule has 0 unspecified atom stereocenters. The second kappa shape index (κ2) is 35.4. The van der Waals surface area contributed by atoms with Crippen LogP contribution in [0.2, 0.25) is 0 Å². The van der Waals surface area contributed by atoms with E-state index in [1.165, 1.54) is 0 Å². The summed E-state index contributed by atoms with van der Waals surface area (Å²) >= 11 is 0. The van der Waals surface area contributed by atoms with E-state index in [4.69, 9.17) is 91.1 Å². The van der Waals surface area contributed by atoms with Crippen molar-refractivity contribution in [3.8, 4) is 0 Å². The SMILES string of the molecule is O=P([O-])([O-])[O-].O=P([O-])([O-])[O-].O=S(=O)([O-])[O-].O=S(=O)([O-])[O-].O=S(=O)([O-])[O-].[Ca+2].[Ca+2].[Ca+2].[Ca+2].[Ca+2].[Ca+2]. The van der Waals surface area contributed by atoms with E-state index in [9.17, 15) is 0 Å². The second-order valence-corrected chi connectivity index (χ2v) is 6.36. The van der Waals surface area contributed by atoms with Crippen LogP contribution < -0.4 is 29.4 Å². The van der Waals surface area contributed by atoms with E-state index in [2.05, 4.69) is 0 Å². The van der Waals surface area contributed by atoms with Crippen LogP contribution in [0, 0.1) is 0 Å². The Morgan fingerprint density at radius 1 is 0.355 bits per heavy atom. The minimum absolute atomic E-state index is 0. The van der Waals surface area contributed by atoms with Gasteiger partial charge in [-0.05, 0) is 0 Å². The molecule has 0 aliphatic heterocycles. The van der Waals surface area contributed by atoms with Gasteiger partial charge in [-0.15, -0.1) is 0 Å². The number of rotatable bonds is 0. The standard InChI is InChI=1S/6Ca.2H3O4P.3H2O4S/c;;;;;;5*1-5(2,3)4/h;;;;;;2*(H3,1,2,3,4);3*(H2,1,2,3,4)/q6*+2;;;;;/p-12. The molecule has 0 N–H and O–H groups in total. The fourth-order valence-electron chi connectivity index (χ4n) is 0. The Kier molecular flexibility index (Phi) is 81.7. The molecule has 0 spiro atoms. The zero-order valence-corrected chi connectivity index (χ0v) is 32.0. The summed E-state index contributed by atoms with van der Waals surface area (Å²) < 4.78 is 119. The molecule has 31 heteroatoms. The largest absolute Gasteiger partial charge is 2.00 e. The Hall–Kier alpha value is 7.39. The summed E-state index contributed by atoms with van der Waals surface area (Å²) in [6.07, 6.45) is 0. The van der Waals surface area contributed by atoms with Gasteiger partial charge in [-0.3, -0.25) is 25.3 Å². The number of hydrogen-bond acceptors (Lipinski definition) is 20. The van der Waals surface area contributed by atoms with Gasteiger partial charge in [0.25, 0.3) is 0 Å². The van der Waals surface area contributed by atoms with Crippen LogP contribution in [0.25, 0.3) is 0 Å². The van der Waals surface area contributed by atoms with E-state index >= 15 is 0 Å². The van der Waals surface area contributed by atoms with E-state index in [-0.39, 0.29) is 226 Å². The third-order valence-electron chi connectivity index (χ3n) is 0. The van der Waals surface area contributed by atoms with E-state index < -0.39 is 46.8 Å². The van der Waals surface area contributed by atoms with Gasteiger partial charge >= 0.3 is 226 Å². The summed E-state index contributed by atoms with van der Waals surface area (Å²) in [7, 11) is -26.3.